The molecule has 1 atom stereocenters. The highest BCUT2D eigenvalue weighted by Gasteiger charge is 2.12. The van der Waals surface area contributed by atoms with E-state index in [1.807, 2.05) is 24.3 Å². The number of methoxy groups -OCH3 is 1. The fraction of sp³-hybridized carbons (Fsp3) is 0.200. The van der Waals surface area contributed by atoms with E-state index in [1.165, 1.54) is 0 Å². The second kappa shape index (κ2) is 6.81. The van der Waals surface area contributed by atoms with Crippen LogP contribution in [0.1, 0.15) is 17.2 Å². The number of rotatable bonds is 4. The molecule has 20 heavy (non-hydrogen) atoms. The van der Waals surface area contributed by atoms with Crippen molar-refractivity contribution in [3.8, 4) is 5.75 Å². The van der Waals surface area contributed by atoms with Crippen LogP contribution >= 0.6 is 39.1 Å². The maximum Gasteiger partial charge on any atom is 0.133 e. The molecular weight excluding hydrogens is 363 g/mol. The molecule has 1 unspecified atom stereocenters. The molecule has 1 N–H and O–H groups in total. The summed E-state index contributed by atoms with van der Waals surface area (Å²) in [5, 5.41) is 11.3. The van der Waals surface area contributed by atoms with E-state index in [9.17, 15) is 5.11 Å². The molecule has 2 aromatic rings. The van der Waals surface area contributed by atoms with Crippen molar-refractivity contribution in [1.82, 2.24) is 0 Å². The van der Waals surface area contributed by atoms with Gasteiger partial charge in [-0.25, -0.2) is 0 Å². The van der Waals surface area contributed by atoms with Gasteiger partial charge in [-0.05, 0) is 51.3 Å². The molecule has 0 aliphatic carbocycles. The van der Waals surface area contributed by atoms with Crippen LogP contribution in [0.4, 0.5) is 0 Å². The SMILES string of the molecule is COc1ccc(C(O)Cc2ccc(Cl)c(Cl)c2)cc1Br. The molecule has 0 amide bonds. The molecule has 0 bridgehead atoms. The topological polar surface area (TPSA) is 29.5 Å². The Bertz CT molecular complexity index is 617. The minimum atomic E-state index is -0.616. The van der Waals surface area contributed by atoms with Gasteiger partial charge in [-0.2, -0.15) is 0 Å². The first kappa shape index (κ1) is 15.6. The van der Waals surface area contributed by atoms with E-state index in [0.717, 1.165) is 21.3 Å². The number of aliphatic hydroxyl groups excluding tert-OH is 1. The maximum absolute atomic E-state index is 10.3. The Kier molecular flexibility index (Phi) is 5.33. The van der Waals surface area contributed by atoms with Crippen molar-refractivity contribution in [2.24, 2.45) is 0 Å². The van der Waals surface area contributed by atoms with Crippen LogP contribution in [0, 0.1) is 0 Å². The highest BCUT2D eigenvalue weighted by molar-refractivity contribution is 9.10. The lowest BCUT2D eigenvalue weighted by atomic mass is 10.0. The van der Waals surface area contributed by atoms with Crippen molar-refractivity contribution in [1.29, 1.82) is 0 Å². The summed E-state index contributed by atoms with van der Waals surface area (Å²) < 4.78 is 5.98. The smallest absolute Gasteiger partial charge is 0.133 e. The van der Waals surface area contributed by atoms with Crippen molar-refractivity contribution in [3.05, 3.63) is 62.0 Å². The maximum atomic E-state index is 10.3. The number of aliphatic hydroxyl groups is 1. The quantitative estimate of drug-likeness (QED) is 0.810. The number of hydrogen-bond acceptors (Lipinski definition) is 2. The Balaban J connectivity index is 2.17. The largest absolute Gasteiger partial charge is 0.496 e. The first-order valence-electron chi connectivity index (χ1n) is 5.96. The standard InChI is InChI=1S/C15H13BrCl2O2/c1-20-15-5-3-10(8-11(15)16)14(19)7-9-2-4-12(17)13(18)6-9/h2-6,8,14,19H,7H2,1H3. The average molecular weight is 376 g/mol. The number of benzene rings is 2. The summed E-state index contributed by atoms with van der Waals surface area (Å²) in [6.07, 6.45) is -0.148. The van der Waals surface area contributed by atoms with Crippen LogP contribution in [-0.4, -0.2) is 12.2 Å². The lowest BCUT2D eigenvalue weighted by Crippen LogP contribution is -2.02. The van der Waals surface area contributed by atoms with Crippen molar-refractivity contribution in [2.75, 3.05) is 7.11 Å². The Morgan fingerprint density at radius 3 is 2.50 bits per heavy atom. The van der Waals surface area contributed by atoms with Crippen molar-refractivity contribution >= 4 is 39.1 Å². The third-order valence-corrected chi connectivity index (χ3v) is 4.33. The minimum Gasteiger partial charge on any atom is -0.496 e. The number of ether oxygens (including phenoxy) is 1. The van der Waals surface area contributed by atoms with Crippen LogP contribution in [0.15, 0.2) is 40.9 Å². The fourth-order valence-electron chi connectivity index (χ4n) is 1.90. The molecule has 0 spiro atoms. The third-order valence-electron chi connectivity index (χ3n) is 2.97. The highest BCUT2D eigenvalue weighted by atomic mass is 79.9. The number of halogens is 3. The van der Waals surface area contributed by atoms with Crippen LogP contribution in [0.25, 0.3) is 0 Å². The zero-order chi connectivity index (χ0) is 14.7. The predicted molar refractivity (Wildman–Crippen MR) is 85.8 cm³/mol. The van der Waals surface area contributed by atoms with Gasteiger partial charge in [-0.3, -0.25) is 0 Å². The van der Waals surface area contributed by atoms with E-state index < -0.39 is 6.10 Å². The molecule has 0 fully saturated rings. The van der Waals surface area contributed by atoms with Crippen LogP contribution < -0.4 is 4.74 Å². The fourth-order valence-corrected chi connectivity index (χ4v) is 2.78. The van der Waals surface area contributed by atoms with Crippen LogP contribution in [0.3, 0.4) is 0 Å². The van der Waals surface area contributed by atoms with E-state index in [-0.39, 0.29) is 0 Å². The first-order chi connectivity index (χ1) is 9.51. The van der Waals surface area contributed by atoms with Gasteiger partial charge in [0.1, 0.15) is 5.75 Å². The van der Waals surface area contributed by atoms with E-state index >= 15 is 0 Å². The van der Waals surface area contributed by atoms with Gasteiger partial charge in [-0.15, -0.1) is 0 Å². The van der Waals surface area contributed by atoms with Crippen molar-refractivity contribution in [2.45, 2.75) is 12.5 Å². The lowest BCUT2D eigenvalue weighted by Gasteiger charge is -2.13. The monoisotopic (exact) mass is 374 g/mol. The van der Waals surface area contributed by atoms with Gasteiger partial charge in [0.05, 0.1) is 27.7 Å². The van der Waals surface area contributed by atoms with Gasteiger partial charge in [-0.1, -0.05) is 35.3 Å². The van der Waals surface area contributed by atoms with E-state index in [4.69, 9.17) is 27.9 Å². The molecule has 5 heteroatoms. The van der Waals surface area contributed by atoms with Crippen LogP contribution in [0.2, 0.25) is 10.0 Å². The van der Waals surface area contributed by atoms with E-state index in [0.29, 0.717) is 16.5 Å². The van der Waals surface area contributed by atoms with Crippen LogP contribution in [0.5, 0.6) is 5.75 Å². The molecule has 0 saturated heterocycles. The summed E-state index contributed by atoms with van der Waals surface area (Å²) in [6, 6.07) is 10.9. The number of hydrogen-bond donors (Lipinski definition) is 1. The van der Waals surface area contributed by atoms with Gasteiger partial charge in [0.2, 0.25) is 0 Å². The molecule has 2 nitrogen and oxygen atoms in total. The summed E-state index contributed by atoms with van der Waals surface area (Å²) >= 11 is 15.3. The second-order valence-electron chi connectivity index (χ2n) is 4.36. The van der Waals surface area contributed by atoms with Gasteiger partial charge < -0.3 is 9.84 Å². The summed E-state index contributed by atoms with van der Waals surface area (Å²) in [7, 11) is 1.60. The summed E-state index contributed by atoms with van der Waals surface area (Å²) in [5.41, 5.74) is 1.74. The first-order valence-corrected chi connectivity index (χ1v) is 7.51. The molecular formula is C15H13BrCl2O2. The zero-order valence-corrected chi connectivity index (χ0v) is 13.8. The van der Waals surface area contributed by atoms with Gasteiger partial charge >= 0.3 is 0 Å². The van der Waals surface area contributed by atoms with Crippen LogP contribution in [-0.2, 0) is 6.42 Å². The summed E-state index contributed by atoms with van der Waals surface area (Å²) in [5.74, 6) is 0.732. The average Bonchev–Trinajstić information content (AvgIpc) is 2.42. The van der Waals surface area contributed by atoms with E-state index in [2.05, 4.69) is 15.9 Å². The molecule has 0 aromatic heterocycles. The predicted octanol–water partition coefficient (Wildman–Crippen LogP) is 5.04. The zero-order valence-electron chi connectivity index (χ0n) is 10.7. The Labute approximate surface area is 136 Å². The normalized spacial score (nSPS) is 12.2. The third kappa shape index (κ3) is 3.67. The summed E-state index contributed by atoms with van der Waals surface area (Å²) in [6.45, 7) is 0. The van der Waals surface area contributed by atoms with Crippen molar-refractivity contribution < 1.29 is 9.84 Å². The molecule has 0 saturated carbocycles. The highest BCUT2D eigenvalue weighted by Crippen LogP contribution is 2.30. The molecule has 2 aromatic carbocycles. The Morgan fingerprint density at radius 1 is 1.15 bits per heavy atom. The van der Waals surface area contributed by atoms with Gasteiger partial charge in [0, 0.05) is 6.42 Å². The van der Waals surface area contributed by atoms with Gasteiger partial charge in [0.15, 0.2) is 0 Å². The molecule has 106 valence electrons. The molecule has 0 aliphatic rings. The Morgan fingerprint density at radius 2 is 1.90 bits per heavy atom. The molecule has 2 rings (SSSR count). The van der Waals surface area contributed by atoms with Gasteiger partial charge in [0.25, 0.3) is 0 Å². The van der Waals surface area contributed by atoms with Crippen molar-refractivity contribution in [3.63, 3.8) is 0 Å². The Hall–Kier alpha value is -0.740. The summed E-state index contributed by atoms with van der Waals surface area (Å²) in [4.78, 5) is 0. The second-order valence-corrected chi connectivity index (χ2v) is 6.03. The molecule has 0 heterocycles. The molecule has 0 radical (unpaired) electrons. The molecule has 0 aliphatic heterocycles. The lowest BCUT2D eigenvalue weighted by molar-refractivity contribution is 0.178. The minimum absolute atomic E-state index is 0.468. The van der Waals surface area contributed by atoms with E-state index in [1.54, 1.807) is 19.2 Å².